The van der Waals surface area contributed by atoms with E-state index < -0.39 is 11.7 Å². The largest absolute Gasteiger partial charge is 0.444 e. The lowest BCUT2D eigenvalue weighted by Crippen LogP contribution is -2.27. The third-order valence-electron chi connectivity index (χ3n) is 2.58. The van der Waals surface area contributed by atoms with Crippen molar-refractivity contribution in [1.82, 2.24) is 10.2 Å². The van der Waals surface area contributed by atoms with Gasteiger partial charge in [-0.1, -0.05) is 12.1 Å². The van der Waals surface area contributed by atoms with Crippen molar-refractivity contribution in [1.29, 1.82) is 0 Å². The number of aryl methyl sites for hydroxylation is 1. The molecule has 0 radical (unpaired) electrons. The summed E-state index contributed by atoms with van der Waals surface area (Å²) >= 11 is 0. The lowest BCUT2D eigenvalue weighted by atomic mass is 10.2. The number of nitrogens with one attached hydrogen (secondary N) is 2. The molecule has 0 aliphatic rings. The van der Waals surface area contributed by atoms with Crippen LogP contribution in [-0.4, -0.2) is 21.9 Å². The number of amides is 1. The van der Waals surface area contributed by atoms with E-state index in [4.69, 9.17) is 4.74 Å². The van der Waals surface area contributed by atoms with Crippen molar-refractivity contribution < 1.29 is 9.53 Å². The standard InChI is InChI=1S/C16H20N4O2/c1-11-6-5-7-12(10-11)17-13-8-9-14(20-19-13)18-15(21)22-16(2,3)4/h5-10H,1-4H3,(H,17,19)(H,18,20,21). The van der Waals surface area contributed by atoms with Gasteiger partial charge in [0.05, 0.1) is 0 Å². The molecule has 0 saturated carbocycles. The second-order valence-corrected chi connectivity index (χ2v) is 5.93. The van der Waals surface area contributed by atoms with Crippen molar-refractivity contribution >= 4 is 23.4 Å². The summed E-state index contributed by atoms with van der Waals surface area (Å²) in [4.78, 5) is 11.6. The highest BCUT2D eigenvalue weighted by atomic mass is 16.6. The average molecular weight is 300 g/mol. The van der Waals surface area contributed by atoms with E-state index in [2.05, 4.69) is 20.8 Å². The lowest BCUT2D eigenvalue weighted by Gasteiger charge is -2.19. The Morgan fingerprint density at radius 3 is 2.36 bits per heavy atom. The summed E-state index contributed by atoms with van der Waals surface area (Å²) in [5.41, 5.74) is 1.53. The van der Waals surface area contributed by atoms with Crippen LogP contribution < -0.4 is 10.6 Å². The van der Waals surface area contributed by atoms with Crippen LogP contribution in [0.25, 0.3) is 0 Å². The Labute approximate surface area is 129 Å². The first-order chi connectivity index (χ1) is 10.3. The Morgan fingerprint density at radius 2 is 1.77 bits per heavy atom. The lowest BCUT2D eigenvalue weighted by molar-refractivity contribution is 0.0635. The molecule has 6 heteroatoms. The molecule has 0 aliphatic heterocycles. The summed E-state index contributed by atoms with van der Waals surface area (Å²) in [6.07, 6.45) is -0.554. The van der Waals surface area contributed by atoms with Gasteiger partial charge in [0.2, 0.25) is 0 Å². The molecule has 0 spiro atoms. The van der Waals surface area contributed by atoms with Crippen molar-refractivity contribution in [2.45, 2.75) is 33.3 Å². The van der Waals surface area contributed by atoms with Gasteiger partial charge < -0.3 is 10.1 Å². The number of hydrogen-bond acceptors (Lipinski definition) is 5. The summed E-state index contributed by atoms with van der Waals surface area (Å²) in [5, 5.41) is 13.6. The van der Waals surface area contributed by atoms with Gasteiger partial charge in [0, 0.05) is 5.69 Å². The van der Waals surface area contributed by atoms with E-state index in [1.807, 2.05) is 31.2 Å². The molecular weight excluding hydrogens is 280 g/mol. The molecule has 0 bridgehead atoms. The highest BCUT2D eigenvalue weighted by Gasteiger charge is 2.16. The molecule has 0 aliphatic carbocycles. The molecule has 0 unspecified atom stereocenters. The number of aromatic nitrogens is 2. The predicted molar refractivity (Wildman–Crippen MR) is 86.4 cm³/mol. The monoisotopic (exact) mass is 300 g/mol. The first-order valence-electron chi connectivity index (χ1n) is 6.99. The van der Waals surface area contributed by atoms with Crippen molar-refractivity contribution in [2.75, 3.05) is 10.6 Å². The highest BCUT2D eigenvalue weighted by Crippen LogP contribution is 2.16. The number of rotatable bonds is 3. The Kier molecular flexibility index (Phi) is 4.60. The Morgan fingerprint density at radius 1 is 1.09 bits per heavy atom. The fourth-order valence-corrected chi connectivity index (χ4v) is 1.74. The van der Waals surface area contributed by atoms with E-state index in [1.54, 1.807) is 32.9 Å². The third-order valence-corrected chi connectivity index (χ3v) is 2.58. The zero-order valence-electron chi connectivity index (χ0n) is 13.2. The molecule has 0 atom stereocenters. The fraction of sp³-hybridized carbons (Fsp3) is 0.312. The summed E-state index contributed by atoms with van der Waals surface area (Å²) in [5.74, 6) is 0.935. The van der Waals surface area contributed by atoms with Crippen LogP contribution in [0.3, 0.4) is 0 Å². The van der Waals surface area contributed by atoms with Gasteiger partial charge in [-0.15, -0.1) is 10.2 Å². The first-order valence-corrected chi connectivity index (χ1v) is 6.99. The number of carbonyl (C=O) groups excluding carboxylic acids is 1. The molecule has 2 aromatic rings. The molecule has 1 heterocycles. The van der Waals surface area contributed by atoms with Gasteiger partial charge >= 0.3 is 6.09 Å². The number of carbonyl (C=O) groups is 1. The second-order valence-electron chi connectivity index (χ2n) is 5.93. The second kappa shape index (κ2) is 6.43. The topological polar surface area (TPSA) is 76.1 Å². The van der Waals surface area contributed by atoms with Crippen LogP contribution in [0.1, 0.15) is 26.3 Å². The van der Waals surface area contributed by atoms with E-state index in [0.717, 1.165) is 11.3 Å². The maximum atomic E-state index is 11.6. The molecule has 1 aromatic heterocycles. The normalized spacial score (nSPS) is 10.9. The van der Waals surface area contributed by atoms with E-state index in [-0.39, 0.29) is 0 Å². The maximum absolute atomic E-state index is 11.6. The molecule has 22 heavy (non-hydrogen) atoms. The van der Waals surface area contributed by atoms with E-state index >= 15 is 0 Å². The van der Waals surface area contributed by atoms with E-state index in [0.29, 0.717) is 11.6 Å². The van der Waals surface area contributed by atoms with Crippen LogP contribution in [0.15, 0.2) is 36.4 Å². The third kappa shape index (κ3) is 5.05. The summed E-state index contributed by atoms with van der Waals surface area (Å²) < 4.78 is 5.15. The zero-order valence-corrected chi connectivity index (χ0v) is 13.2. The van der Waals surface area contributed by atoms with Gasteiger partial charge in [-0.25, -0.2) is 4.79 Å². The van der Waals surface area contributed by atoms with Crippen LogP contribution in [0, 0.1) is 6.92 Å². The predicted octanol–water partition coefficient (Wildman–Crippen LogP) is 3.88. The number of hydrogen-bond donors (Lipinski definition) is 2. The molecule has 0 saturated heterocycles. The Hall–Kier alpha value is -2.63. The fourth-order valence-electron chi connectivity index (χ4n) is 1.74. The SMILES string of the molecule is Cc1cccc(Nc2ccc(NC(=O)OC(C)(C)C)nn2)c1. The van der Waals surface area contributed by atoms with Crippen LogP contribution in [0.4, 0.5) is 22.1 Å². The molecule has 2 rings (SSSR count). The van der Waals surface area contributed by atoms with Crippen LogP contribution in [0.2, 0.25) is 0 Å². The summed E-state index contributed by atoms with van der Waals surface area (Å²) in [6.45, 7) is 7.41. The molecule has 2 N–H and O–H groups in total. The van der Waals surface area contributed by atoms with E-state index in [1.165, 1.54) is 0 Å². The molecular formula is C16H20N4O2. The zero-order chi connectivity index (χ0) is 16.2. The summed E-state index contributed by atoms with van der Waals surface area (Å²) in [6, 6.07) is 11.3. The quantitative estimate of drug-likeness (QED) is 0.899. The number of nitrogens with zero attached hydrogens (tertiary/aromatic N) is 2. The van der Waals surface area contributed by atoms with Crippen molar-refractivity contribution in [3.63, 3.8) is 0 Å². The smallest absolute Gasteiger partial charge is 0.413 e. The molecule has 6 nitrogen and oxygen atoms in total. The minimum Gasteiger partial charge on any atom is -0.444 e. The highest BCUT2D eigenvalue weighted by molar-refractivity contribution is 5.83. The number of anilines is 3. The Balaban J connectivity index is 1.97. The van der Waals surface area contributed by atoms with Gasteiger partial charge in [-0.3, -0.25) is 5.32 Å². The molecule has 0 fully saturated rings. The molecule has 1 amide bonds. The van der Waals surface area contributed by atoms with Crippen molar-refractivity contribution in [2.24, 2.45) is 0 Å². The molecule has 1 aromatic carbocycles. The first kappa shape index (κ1) is 15.8. The number of ether oxygens (including phenoxy) is 1. The Bertz CT molecular complexity index is 648. The van der Waals surface area contributed by atoms with Crippen molar-refractivity contribution in [3.05, 3.63) is 42.0 Å². The minimum absolute atomic E-state index is 0.337. The van der Waals surface area contributed by atoms with Crippen molar-refractivity contribution in [3.8, 4) is 0 Å². The van der Waals surface area contributed by atoms with Crippen LogP contribution in [-0.2, 0) is 4.74 Å². The molecule has 116 valence electrons. The van der Waals surface area contributed by atoms with Crippen LogP contribution >= 0.6 is 0 Å². The van der Waals surface area contributed by atoms with Gasteiger partial charge in [-0.05, 0) is 57.5 Å². The minimum atomic E-state index is -0.554. The number of benzene rings is 1. The van der Waals surface area contributed by atoms with Gasteiger partial charge in [0.15, 0.2) is 11.6 Å². The summed E-state index contributed by atoms with van der Waals surface area (Å²) in [7, 11) is 0. The van der Waals surface area contributed by atoms with E-state index in [9.17, 15) is 4.79 Å². The maximum Gasteiger partial charge on any atom is 0.413 e. The van der Waals surface area contributed by atoms with Gasteiger partial charge in [-0.2, -0.15) is 0 Å². The van der Waals surface area contributed by atoms with Gasteiger partial charge in [0.1, 0.15) is 5.60 Å². The van der Waals surface area contributed by atoms with Crippen LogP contribution in [0.5, 0.6) is 0 Å². The average Bonchev–Trinajstić information content (AvgIpc) is 2.39. The van der Waals surface area contributed by atoms with Gasteiger partial charge in [0.25, 0.3) is 0 Å².